The monoisotopic (exact) mass is 325 g/mol. The SMILES string of the molecule is COc1cc(Br)cc(C)c1NCc1ccc(C)s1. The molecule has 1 aromatic heterocycles. The summed E-state index contributed by atoms with van der Waals surface area (Å²) in [6.45, 7) is 5.03. The normalized spacial score (nSPS) is 10.4. The molecule has 0 unspecified atom stereocenters. The smallest absolute Gasteiger partial charge is 0.143 e. The fourth-order valence-electron chi connectivity index (χ4n) is 1.86. The zero-order valence-electron chi connectivity index (χ0n) is 10.7. The molecule has 0 aliphatic carbocycles. The minimum atomic E-state index is 0.831. The molecule has 1 heterocycles. The fraction of sp³-hybridized carbons (Fsp3) is 0.286. The Balaban J connectivity index is 2.18. The van der Waals surface area contributed by atoms with Crippen LogP contribution in [0.4, 0.5) is 5.69 Å². The molecule has 2 aromatic rings. The van der Waals surface area contributed by atoms with E-state index < -0.39 is 0 Å². The van der Waals surface area contributed by atoms with Crippen molar-refractivity contribution in [3.63, 3.8) is 0 Å². The Bertz CT molecular complexity index is 551. The molecule has 2 nitrogen and oxygen atoms in total. The maximum absolute atomic E-state index is 5.41. The molecule has 2 rings (SSSR count). The van der Waals surface area contributed by atoms with E-state index in [1.807, 2.05) is 17.4 Å². The van der Waals surface area contributed by atoms with Crippen LogP contribution >= 0.6 is 27.3 Å². The highest BCUT2D eigenvalue weighted by Crippen LogP contribution is 2.32. The predicted octanol–water partition coefficient (Wildman–Crippen LogP) is 4.75. The Kier molecular flexibility index (Phi) is 4.30. The second-order valence-corrected chi connectivity index (χ2v) is 6.45. The van der Waals surface area contributed by atoms with Crippen molar-refractivity contribution in [2.24, 2.45) is 0 Å². The molecular formula is C14H16BrNOS. The number of nitrogens with one attached hydrogen (secondary N) is 1. The average Bonchev–Trinajstić information content (AvgIpc) is 2.73. The quantitative estimate of drug-likeness (QED) is 0.875. The number of methoxy groups -OCH3 is 1. The van der Waals surface area contributed by atoms with E-state index in [0.29, 0.717) is 0 Å². The lowest BCUT2D eigenvalue weighted by molar-refractivity contribution is 0.416. The van der Waals surface area contributed by atoms with E-state index in [2.05, 4.69) is 53.3 Å². The van der Waals surface area contributed by atoms with Gasteiger partial charge in [-0.15, -0.1) is 11.3 Å². The fourth-order valence-corrected chi connectivity index (χ4v) is 3.24. The van der Waals surface area contributed by atoms with Gasteiger partial charge in [0.25, 0.3) is 0 Å². The number of anilines is 1. The van der Waals surface area contributed by atoms with Crippen LogP contribution in [0, 0.1) is 13.8 Å². The second kappa shape index (κ2) is 5.76. The molecule has 0 saturated heterocycles. The third kappa shape index (κ3) is 3.06. The maximum atomic E-state index is 5.41. The minimum Gasteiger partial charge on any atom is -0.495 e. The summed E-state index contributed by atoms with van der Waals surface area (Å²) in [5.41, 5.74) is 2.24. The van der Waals surface area contributed by atoms with Crippen molar-refractivity contribution in [3.8, 4) is 5.75 Å². The molecule has 1 aromatic carbocycles. The van der Waals surface area contributed by atoms with Crippen LogP contribution in [-0.2, 0) is 6.54 Å². The lowest BCUT2D eigenvalue weighted by Crippen LogP contribution is -2.02. The second-order valence-electron chi connectivity index (χ2n) is 4.17. The standard InChI is InChI=1S/C14H16BrNOS/c1-9-6-11(15)7-13(17-3)14(9)16-8-12-5-4-10(2)18-12/h4-7,16H,8H2,1-3H3. The molecule has 0 spiro atoms. The van der Waals surface area contributed by atoms with Gasteiger partial charge < -0.3 is 10.1 Å². The third-order valence-electron chi connectivity index (χ3n) is 2.72. The van der Waals surface area contributed by atoms with Gasteiger partial charge in [-0.3, -0.25) is 0 Å². The molecule has 0 bridgehead atoms. The topological polar surface area (TPSA) is 21.3 Å². The molecule has 96 valence electrons. The Morgan fingerprint density at radius 1 is 1.28 bits per heavy atom. The van der Waals surface area contributed by atoms with Crippen LogP contribution in [0.2, 0.25) is 0 Å². The first-order valence-corrected chi connectivity index (χ1v) is 7.34. The Morgan fingerprint density at radius 2 is 2.06 bits per heavy atom. The summed E-state index contributed by atoms with van der Waals surface area (Å²) in [6.07, 6.45) is 0. The lowest BCUT2D eigenvalue weighted by atomic mass is 10.2. The number of ether oxygens (including phenoxy) is 1. The van der Waals surface area contributed by atoms with Crippen molar-refractivity contribution < 1.29 is 4.74 Å². The summed E-state index contributed by atoms with van der Waals surface area (Å²) in [6, 6.07) is 8.38. The molecule has 0 radical (unpaired) electrons. The van der Waals surface area contributed by atoms with Crippen LogP contribution < -0.4 is 10.1 Å². The molecule has 18 heavy (non-hydrogen) atoms. The van der Waals surface area contributed by atoms with Crippen molar-refractivity contribution in [3.05, 3.63) is 44.1 Å². The summed E-state index contributed by atoms with van der Waals surface area (Å²) < 4.78 is 6.45. The highest BCUT2D eigenvalue weighted by Gasteiger charge is 2.08. The minimum absolute atomic E-state index is 0.831. The van der Waals surface area contributed by atoms with E-state index in [9.17, 15) is 0 Å². The number of aryl methyl sites for hydroxylation is 2. The number of benzene rings is 1. The molecule has 1 N–H and O–H groups in total. The average molecular weight is 326 g/mol. The molecule has 0 atom stereocenters. The van der Waals surface area contributed by atoms with Gasteiger partial charge in [-0.25, -0.2) is 0 Å². The summed E-state index contributed by atoms with van der Waals surface area (Å²) in [5, 5.41) is 3.45. The van der Waals surface area contributed by atoms with Gasteiger partial charge >= 0.3 is 0 Å². The largest absolute Gasteiger partial charge is 0.495 e. The highest BCUT2D eigenvalue weighted by atomic mass is 79.9. The van der Waals surface area contributed by atoms with Crippen LogP contribution in [0.3, 0.4) is 0 Å². The summed E-state index contributed by atoms with van der Waals surface area (Å²) in [7, 11) is 1.70. The van der Waals surface area contributed by atoms with Crippen molar-refractivity contribution in [1.29, 1.82) is 0 Å². The van der Waals surface area contributed by atoms with Gasteiger partial charge in [0.05, 0.1) is 12.8 Å². The van der Waals surface area contributed by atoms with Crippen LogP contribution in [0.25, 0.3) is 0 Å². The van der Waals surface area contributed by atoms with Gasteiger partial charge in [-0.2, -0.15) is 0 Å². The molecule has 4 heteroatoms. The van der Waals surface area contributed by atoms with E-state index in [-0.39, 0.29) is 0 Å². The lowest BCUT2D eigenvalue weighted by Gasteiger charge is -2.14. The number of halogens is 1. The summed E-state index contributed by atoms with van der Waals surface area (Å²) in [5.74, 6) is 0.871. The van der Waals surface area contributed by atoms with Crippen molar-refractivity contribution in [2.75, 3.05) is 12.4 Å². The molecule has 0 amide bonds. The van der Waals surface area contributed by atoms with Gasteiger partial charge in [0.2, 0.25) is 0 Å². The van der Waals surface area contributed by atoms with E-state index >= 15 is 0 Å². The van der Waals surface area contributed by atoms with Crippen LogP contribution in [0.1, 0.15) is 15.3 Å². The molecule has 0 aliphatic heterocycles. The first-order valence-electron chi connectivity index (χ1n) is 5.73. The Hall–Kier alpha value is -1.00. The van der Waals surface area contributed by atoms with Gasteiger partial charge in [0, 0.05) is 20.8 Å². The first kappa shape index (κ1) is 13.4. The van der Waals surface area contributed by atoms with Gasteiger partial charge in [0.1, 0.15) is 5.75 Å². The van der Waals surface area contributed by atoms with E-state index in [1.54, 1.807) is 7.11 Å². The molecule has 0 saturated carbocycles. The van der Waals surface area contributed by atoms with E-state index in [1.165, 1.54) is 15.3 Å². The first-order chi connectivity index (χ1) is 8.60. The van der Waals surface area contributed by atoms with Crippen molar-refractivity contribution in [2.45, 2.75) is 20.4 Å². The van der Waals surface area contributed by atoms with E-state index in [0.717, 1.165) is 22.5 Å². The Morgan fingerprint density at radius 3 is 2.67 bits per heavy atom. The molecular weight excluding hydrogens is 310 g/mol. The number of hydrogen-bond donors (Lipinski definition) is 1. The molecule has 0 aliphatic rings. The van der Waals surface area contributed by atoms with Crippen LogP contribution in [0.15, 0.2) is 28.7 Å². The van der Waals surface area contributed by atoms with Gasteiger partial charge in [-0.05, 0) is 43.7 Å². The van der Waals surface area contributed by atoms with Crippen molar-refractivity contribution >= 4 is 33.0 Å². The maximum Gasteiger partial charge on any atom is 0.143 e. The summed E-state index contributed by atoms with van der Waals surface area (Å²) >= 11 is 5.30. The van der Waals surface area contributed by atoms with Crippen LogP contribution in [-0.4, -0.2) is 7.11 Å². The predicted molar refractivity (Wildman–Crippen MR) is 81.8 cm³/mol. The highest BCUT2D eigenvalue weighted by molar-refractivity contribution is 9.10. The number of hydrogen-bond acceptors (Lipinski definition) is 3. The van der Waals surface area contributed by atoms with Gasteiger partial charge in [-0.1, -0.05) is 15.9 Å². The zero-order chi connectivity index (χ0) is 13.1. The Labute approximate surface area is 120 Å². The van der Waals surface area contributed by atoms with Gasteiger partial charge in [0.15, 0.2) is 0 Å². The molecule has 0 fully saturated rings. The number of thiophene rings is 1. The number of rotatable bonds is 4. The zero-order valence-corrected chi connectivity index (χ0v) is 13.1. The summed E-state index contributed by atoms with van der Waals surface area (Å²) in [4.78, 5) is 2.67. The van der Waals surface area contributed by atoms with Crippen LogP contribution in [0.5, 0.6) is 5.75 Å². The van der Waals surface area contributed by atoms with E-state index in [4.69, 9.17) is 4.74 Å². The third-order valence-corrected chi connectivity index (χ3v) is 4.18. The van der Waals surface area contributed by atoms with Crippen molar-refractivity contribution in [1.82, 2.24) is 0 Å².